The van der Waals surface area contributed by atoms with E-state index in [0.717, 1.165) is 18.3 Å². The second-order valence-corrected chi connectivity index (χ2v) is 4.25. The van der Waals surface area contributed by atoms with Crippen molar-refractivity contribution in [3.8, 4) is 0 Å². The van der Waals surface area contributed by atoms with Crippen molar-refractivity contribution in [2.24, 2.45) is 5.92 Å². The number of nitrogens with one attached hydrogen (secondary N) is 2. The van der Waals surface area contributed by atoms with Gasteiger partial charge in [0.15, 0.2) is 0 Å². The van der Waals surface area contributed by atoms with Gasteiger partial charge in [0.05, 0.1) is 6.54 Å². The zero-order valence-electron chi connectivity index (χ0n) is 9.57. The topological polar surface area (TPSA) is 59.0 Å². The Morgan fingerprint density at radius 3 is 3.12 bits per heavy atom. The summed E-state index contributed by atoms with van der Waals surface area (Å²) in [5.74, 6) is 1.69. The number of rotatable bonds is 6. The lowest BCUT2D eigenvalue weighted by Gasteiger charge is -2.08. The summed E-state index contributed by atoms with van der Waals surface area (Å²) in [4.78, 5) is 15.8. The maximum absolute atomic E-state index is 11.6. The van der Waals surface area contributed by atoms with E-state index in [9.17, 15) is 4.79 Å². The smallest absolute Gasteiger partial charge is 0.239 e. The van der Waals surface area contributed by atoms with E-state index in [2.05, 4.69) is 15.6 Å². The van der Waals surface area contributed by atoms with E-state index in [1.807, 2.05) is 17.8 Å². The molecule has 0 aliphatic heterocycles. The van der Waals surface area contributed by atoms with Crippen molar-refractivity contribution < 1.29 is 4.79 Å². The molecule has 1 saturated carbocycles. The summed E-state index contributed by atoms with van der Waals surface area (Å²) in [6.07, 6.45) is 6.08. The highest BCUT2D eigenvalue weighted by molar-refractivity contribution is 5.75. The Bertz CT molecular complexity index is 357. The average molecular weight is 222 g/mol. The molecule has 16 heavy (non-hydrogen) atoms. The van der Waals surface area contributed by atoms with Crippen LogP contribution in [-0.4, -0.2) is 29.1 Å². The molecule has 1 aliphatic rings. The molecule has 1 aliphatic carbocycles. The molecule has 5 nitrogen and oxygen atoms in total. The molecule has 0 aromatic carbocycles. The van der Waals surface area contributed by atoms with Crippen LogP contribution < -0.4 is 10.6 Å². The van der Waals surface area contributed by atoms with Crippen molar-refractivity contribution in [2.75, 3.05) is 13.6 Å². The van der Waals surface area contributed by atoms with E-state index in [4.69, 9.17) is 0 Å². The molecule has 1 amide bonds. The third-order valence-corrected chi connectivity index (χ3v) is 2.74. The minimum Gasteiger partial charge on any atom is -0.354 e. The van der Waals surface area contributed by atoms with Gasteiger partial charge in [-0.15, -0.1) is 0 Å². The number of hydrogen-bond acceptors (Lipinski definition) is 3. The molecule has 5 heteroatoms. The van der Waals surface area contributed by atoms with Gasteiger partial charge in [-0.1, -0.05) is 0 Å². The SMILES string of the molecule is CNCc1nccn1CC(=O)NCC1CC1. The molecule has 0 spiro atoms. The van der Waals surface area contributed by atoms with Crippen LogP contribution in [0.3, 0.4) is 0 Å². The standard InChI is InChI=1S/C11H18N4O/c1-12-7-10-13-4-5-15(10)8-11(16)14-6-9-2-3-9/h4-5,9,12H,2-3,6-8H2,1H3,(H,14,16). The van der Waals surface area contributed by atoms with Crippen LogP contribution in [0.5, 0.6) is 0 Å². The Kier molecular flexibility index (Phi) is 3.56. The Labute approximate surface area is 95.2 Å². The van der Waals surface area contributed by atoms with Crippen LogP contribution in [0.2, 0.25) is 0 Å². The molecular formula is C11H18N4O. The molecule has 0 saturated heterocycles. The van der Waals surface area contributed by atoms with Gasteiger partial charge in [-0.3, -0.25) is 4.79 Å². The van der Waals surface area contributed by atoms with E-state index in [0.29, 0.717) is 13.1 Å². The van der Waals surface area contributed by atoms with Crippen LogP contribution in [0.25, 0.3) is 0 Å². The first kappa shape index (κ1) is 11.1. The van der Waals surface area contributed by atoms with Crippen LogP contribution in [0.15, 0.2) is 12.4 Å². The molecule has 88 valence electrons. The van der Waals surface area contributed by atoms with Crippen LogP contribution in [-0.2, 0) is 17.9 Å². The fourth-order valence-electron chi connectivity index (χ4n) is 1.60. The molecule has 2 N–H and O–H groups in total. The number of amides is 1. The first-order valence-electron chi connectivity index (χ1n) is 5.71. The monoisotopic (exact) mass is 222 g/mol. The number of imidazole rings is 1. The molecule has 1 aromatic rings. The Morgan fingerprint density at radius 1 is 1.62 bits per heavy atom. The van der Waals surface area contributed by atoms with Gasteiger partial charge in [0.2, 0.25) is 5.91 Å². The third-order valence-electron chi connectivity index (χ3n) is 2.74. The number of carbonyl (C=O) groups is 1. The third kappa shape index (κ3) is 3.06. The lowest BCUT2D eigenvalue weighted by atomic mass is 10.4. The van der Waals surface area contributed by atoms with Gasteiger partial charge in [-0.25, -0.2) is 4.98 Å². The van der Waals surface area contributed by atoms with Crippen LogP contribution in [0, 0.1) is 5.92 Å². The number of carbonyl (C=O) groups excluding carboxylic acids is 1. The maximum atomic E-state index is 11.6. The molecular weight excluding hydrogens is 204 g/mol. The van der Waals surface area contributed by atoms with E-state index in [1.54, 1.807) is 6.20 Å². The molecule has 2 rings (SSSR count). The summed E-state index contributed by atoms with van der Waals surface area (Å²) in [7, 11) is 1.87. The Balaban J connectivity index is 1.81. The number of nitrogens with zero attached hydrogens (tertiary/aromatic N) is 2. The number of aromatic nitrogens is 2. The van der Waals surface area contributed by atoms with Crippen molar-refractivity contribution >= 4 is 5.91 Å². The van der Waals surface area contributed by atoms with Gasteiger partial charge < -0.3 is 15.2 Å². The second-order valence-electron chi connectivity index (χ2n) is 4.25. The highest BCUT2D eigenvalue weighted by atomic mass is 16.1. The maximum Gasteiger partial charge on any atom is 0.239 e. The van der Waals surface area contributed by atoms with E-state index >= 15 is 0 Å². The van der Waals surface area contributed by atoms with Crippen molar-refractivity contribution in [3.63, 3.8) is 0 Å². The van der Waals surface area contributed by atoms with Gasteiger partial charge in [0.1, 0.15) is 12.4 Å². The van der Waals surface area contributed by atoms with Gasteiger partial charge in [-0.2, -0.15) is 0 Å². The van der Waals surface area contributed by atoms with Crippen molar-refractivity contribution in [2.45, 2.75) is 25.9 Å². The van der Waals surface area contributed by atoms with Crippen molar-refractivity contribution in [1.82, 2.24) is 20.2 Å². The zero-order valence-corrected chi connectivity index (χ0v) is 9.57. The highest BCUT2D eigenvalue weighted by Gasteiger charge is 2.21. The molecule has 1 heterocycles. The van der Waals surface area contributed by atoms with Crippen LogP contribution >= 0.6 is 0 Å². The minimum absolute atomic E-state index is 0.0715. The quantitative estimate of drug-likeness (QED) is 0.719. The lowest BCUT2D eigenvalue weighted by molar-refractivity contribution is -0.121. The summed E-state index contributed by atoms with van der Waals surface area (Å²) in [6.45, 7) is 1.88. The molecule has 0 unspecified atom stereocenters. The van der Waals surface area contributed by atoms with Crippen molar-refractivity contribution in [3.05, 3.63) is 18.2 Å². The lowest BCUT2D eigenvalue weighted by Crippen LogP contribution is -2.30. The van der Waals surface area contributed by atoms with Crippen LogP contribution in [0.1, 0.15) is 18.7 Å². The summed E-state index contributed by atoms with van der Waals surface area (Å²) < 4.78 is 1.87. The Hall–Kier alpha value is -1.36. The fourth-order valence-corrected chi connectivity index (χ4v) is 1.60. The van der Waals surface area contributed by atoms with Gasteiger partial charge in [0, 0.05) is 18.9 Å². The van der Waals surface area contributed by atoms with E-state index in [1.165, 1.54) is 12.8 Å². The summed E-state index contributed by atoms with van der Waals surface area (Å²) in [5.41, 5.74) is 0. The summed E-state index contributed by atoms with van der Waals surface area (Å²) in [6, 6.07) is 0. The predicted molar refractivity (Wildman–Crippen MR) is 60.7 cm³/mol. The highest BCUT2D eigenvalue weighted by Crippen LogP contribution is 2.27. The van der Waals surface area contributed by atoms with Gasteiger partial charge in [-0.05, 0) is 25.8 Å². The Morgan fingerprint density at radius 2 is 2.44 bits per heavy atom. The molecule has 0 radical (unpaired) electrons. The molecule has 1 fully saturated rings. The number of hydrogen-bond donors (Lipinski definition) is 2. The second kappa shape index (κ2) is 5.12. The minimum atomic E-state index is 0.0715. The first-order valence-corrected chi connectivity index (χ1v) is 5.71. The molecule has 0 atom stereocenters. The predicted octanol–water partition coefficient (Wildman–Crippen LogP) is 0.129. The van der Waals surface area contributed by atoms with E-state index < -0.39 is 0 Å². The largest absolute Gasteiger partial charge is 0.354 e. The average Bonchev–Trinajstić information content (AvgIpc) is 3.00. The van der Waals surface area contributed by atoms with E-state index in [-0.39, 0.29) is 5.91 Å². The fraction of sp³-hybridized carbons (Fsp3) is 0.636. The van der Waals surface area contributed by atoms with Gasteiger partial charge >= 0.3 is 0 Å². The first-order chi connectivity index (χ1) is 7.79. The van der Waals surface area contributed by atoms with Gasteiger partial charge in [0.25, 0.3) is 0 Å². The van der Waals surface area contributed by atoms with Crippen molar-refractivity contribution in [1.29, 1.82) is 0 Å². The molecule has 1 aromatic heterocycles. The normalized spacial score (nSPS) is 15.1. The molecule has 0 bridgehead atoms. The zero-order chi connectivity index (χ0) is 11.4. The summed E-state index contributed by atoms with van der Waals surface area (Å²) in [5, 5.41) is 5.97. The van der Waals surface area contributed by atoms with Crippen LogP contribution in [0.4, 0.5) is 0 Å². The summed E-state index contributed by atoms with van der Waals surface area (Å²) >= 11 is 0.